The topological polar surface area (TPSA) is 83.8 Å². The number of nitrogens with one attached hydrogen (secondary N) is 2. The first kappa shape index (κ1) is 12.6. The van der Waals surface area contributed by atoms with E-state index in [1.165, 1.54) is 0 Å². The van der Waals surface area contributed by atoms with Crippen molar-refractivity contribution in [2.24, 2.45) is 5.73 Å². The van der Waals surface area contributed by atoms with Gasteiger partial charge >= 0.3 is 0 Å². The van der Waals surface area contributed by atoms with Crippen molar-refractivity contribution in [3.05, 3.63) is 30.1 Å². The summed E-state index contributed by atoms with van der Waals surface area (Å²) >= 11 is 0. The normalized spacial score (nSPS) is 11.7. The fourth-order valence-electron chi connectivity index (χ4n) is 1.72. The van der Waals surface area contributed by atoms with Crippen LogP contribution in [0.4, 0.5) is 0 Å². The van der Waals surface area contributed by atoms with E-state index in [-0.39, 0.29) is 5.91 Å². The standard InChI is InChI=1S/C13H18N4O/c1-13(2,14)8-17-11(18)6-9-7-16-12-10(9)4-3-5-15-12/h3-5,7H,6,8,14H2,1-2H3,(H,15,16)(H,17,18). The summed E-state index contributed by atoms with van der Waals surface area (Å²) in [6.07, 6.45) is 3.88. The number of carbonyl (C=O) groups is 1. The molecule has 2 aromatic rings. The van der Waals surface area contributed by atoms with Crippen LogP contribution < -0.4 is 11.1 Å². The SMILES string of the molecule is CC(C)(N)CNC(=O)Cc1c[nH]c2ncccc12. The Labute approximate surface area is 106 Å². The number of carbonyl (C=O) groups excluding carboxylic acids is 1. The molecule has 0 aliphatic heterocycles. The summed E-state index contributed by atoms with van der Waals surface area (Å²) in [7, 11) is 0. The summed E-state index contributed by atoms with van der Waals surface area (Å²) < 4.78 is 0. The summed E-state index contributed by atoms with van der Waals surface area (Å²) in [6, 6.07) is 3.81. The van der Waals surface area contributed by atoms with Crippen LogP contribution in [-0.4, -0.2) is 28.0 Å². The molecule has 0 saturated carbocycles. The number of fused-ring (bicyclic) bond motifs is 1. The lowest BCUT2D eigenvalue weighted by molar-refractivity contribution is -0.120. The molecule has 0 bridgehead atoms. The molecule has 0 spiro atoms. The quantitative estimate of drug-likeness (QED) is 0.751. The smallest absolute Gasteiger partial charge is 0.224 e. The second-order valence-corrected chi connectivity index (χ2v) is 5.16. The zero-order valence-corrected chi connectivity index (χ0v) is 10.7. The number of nitrogens with zero attached hydrogens (tertiary/aromatic N) is 1. The molecule has 2 aromatic heterocycles. The predicted octanol–water partition coefficient (Wildman–Crippen LogP) is 0.959. The van der Waals surface area contributed by atoms with Crippen LogP contribution in [-0.2, 0) is 11.2 Å². The van der Waals surface area contributed by atoms with Crippen LogP contribution >= 0.6 is 0 Å². The van der Waals surface area contributed by atoms with Crippen molar-refractivity contribution in [1.29, 1.82) is 0 Å². The number of nitrogens with two attached hydrogens (primary N) is 1. The van der Waals surface area contributed by atoms with E-state index < -0.39 is 5.54 Å². The third kappa shape index (κ3) is 3.07. The van der Waals surface area contributed by atoms with Crippen molar-refractivity contribution in [3.63, 3.8) is 0 Å². The second kappa shape index (κ2) is 4.78. The number of aromatic amines is 1. The molecule has 2 heterocycles. The molecule has 1 amide bonds. The van der Waals surface area contributed by atoms with Gasteiger partial charge in [-0.2, -0.15) is 0 Å². The van der Waals surface area contributed by atoms with Gasteiger partial charge in [-0.25, -0.2) is 4.98 Å². The first-order valence-electron chi connectivity index (χ1n) is 5.92. The van der Waals surface area contributed by atoms with E-state index in [0.29, 0.717) is 13.0 Å². The van der Waals surface area contributed by atoms with Crippen molar-refractivity contribution in [2.75, 3.05) is 6.54 Å². The highest BCUT2D eigenvalue weighted by atomic mass is 16.1. The first-order valence-corrected chi connectivity index (χ1v) is 5.92. The number of rotatable bonds is 4. The monoisotopic (exact) mass is 246 g/mol. The third-order valence-electron chi connectivity index (χ3n) is 2.63. The highest BCUT2D eigenvalue weighted by Gasteiger charge is 2.13. The molecule has 0 fully saturated rings. The van der Waals surface area contributed by atoms with Gasteiger partial charge in [0.25, 0.3) is 0 Å². The molecular weight excluding hydrogens is 228 g/mol. The fraction of sp³-hybridized carbons (Fsp3) is 0.385. The maximum atomic E-state index is 11.8. The minimum absolute atomic E-state index is 0.0294. The number of aromatic nitrogens is 2. The van der Waals surface area contributed by atoms with Gasteiger partial charge in [0.1, 0.15) is 5.65 Å². The highest BCUT2D eigenvalue weighted by Crippen LogP contribution is 2.15. The Morgan fingerprint density at radius 2 is 2.33 bits per heavy atom. The van der Waals surface area contributed by atoms with E-state index in [0.717, 1.165) is 16.6 Å². The van der Waals surface area contributed by atoms with Gasteiger partial charge in [-0.15, -0.1) is 0 Å². The molecular formula is C13H18N4O. The number of amides is 1. The summed E-state index contributed by atoms with van der Waals surface area (Å²) in [6.45, 7) is 4.22. The van der Waals surface area contributed by atoms with Gasteiger partial charge in [-0.1, -0.05) is 0 Å². The Morgan fingerprint density at radius 1 is 1.56 bits per heavy atom. The van der Waals surface area contributed by atoms with Crippen LogP contribution in [0.25, 0.3) is 11.0 Å². The molecule has 2 rings (SSSR count). The van der Waals surface area contributed by atoms with Crippen LogP contribution in [0.3, 0.4) is 0 Å². The molecule has 0 aliphatic rings. The number of hydrogen-bond donors (Lipinski definition) is 3. The molecule has 5 nitrogen and oxygen atoms in total. The highest BCUT2D eigenvalue weighted by molar-refractivity contribution is 5.87. The van der Waals surface area contributed by atoms with E-state index in [2.05, 4.69) is 15.3 Å². The van der Waals surface area contributed by atoms with Crippen molar-refractivity contribution in [1.82, 2.24) is 15.3 Å². The maximum Gasteiger partial charge on any atom is 0.224 e. The second-order valence-electron chi connectivity index (χ2n) is 5.16. The fourth-order valence-corrected chi connectivity index (χ4v) is 1.72. The lowest BCUT2D eigenvalue weighted by atomic mass is 10.1. The zero-order chi connectivity index (χ0) is 13.2. The minimum Gasteiger partial charge on any atom is -0.354 e. The Hall–Kier alpha value is -1.88. The van der Waals surface area contributed by atoms with E-state index in [9.17, 15) is 4.79 Å². The van der Waals surface area contributed by atoms with Crippen LogP contribution in [0.1, 0.15) is 19.4 Å². The zero-order valence-electron chi connectivity index (χ0n) is 10.7. The van der Waals surface area contributed by atoms with Crippen LogP contribution in [0.15, 0.2) is 24.5 Å². The van der Waals surface area contributed by atoms with Crippen molar-refractivity contribution in [3.8, 4) is 0 Å². The molecule has 0 radical (unpaired) electrons. The van der Waals surface area contributed by atoms with E-state index in [4.69, 9.17) is 5.73 Å². The van der Waals surface area contributed by atoms with Gasteiger partial charge in [-0.05, 0) is 31.5 Å². The van der Waals surface area contributed by atoms with E-state index in [1.54, 1.807) is 6.20 Å². The number of hydrogen-bond acceptors (Lipinski definition) is 3. The van der Waals surface area contributed by atoms with E-state index >= 15 is 0 Å². The first-order chi connectivity index (χ1) is 8.46. The largest absolute Gasteiger partial charge is 0.354 e. The number of pyridine rings is 1. The molecule has 5 heteroatoms. The lowest BCUT2D eigenvalue weighted by Crippen LogP contribution is -2.45. The van der Waals surface area contributed by atoms with Crippen molar-refractivity contribution >= 4 is 16.9 Å². The van der Waals surface area contributed by atoms with Crippen molar-refractivity contribution < 1.29 is 4.79 Å². The van der Waals surface area contributed by atoms with Crippen LogP contribution in [0, 0.1) is 0 Å². The molecule has 4 N–H and O–H groups in total. The average Bonchev–Trinajstić information content (AvgIpc) is 2.70. The van der Waals surface area contributed by atoms with Gasteiger partial charge in [0, 0.05) is 29.9 Å². The molecule has 18 heavy (non-hydrogen) atoms. The Morgan fingerprint density at radius 3 is 3.06 bits per heavy atom. The van der Waals surface area contributed by atoms with Gasteiger partial charge < -0.3 is 16.0 Å². The Kier molecular flexibility index (Phi) is 3.34. The third-order valence-corrected chi connectivity index (χ3v) is 2.63. The predicted molar refractivity (Wildman–Crippen MR) is 71.1 cm³/mol. The van der Waals surface area contributed by atoms with Gasteiger partial charge in [0.05, 0.1) is 6.42 Å². The van der Waals surface area contributed by atoms with E-state index in [1.807, 2.05) is 32.2 Å². The molecule has 96 valence electrons. The van der Waals surface area contributed by atoms with Crippen LogP contribution in [0.5, 0.6) is 0 Å². The average molecular weight is 246 g/mol. The van der Waals surface area contributed by atoms with Gasteiger partial charge in [0.15, 0.2) is 0 Å². The molecule has 0 unspecified atom stereocenters. The number of H-pyrrole nitrogens is 1. The summed E-state index contributed by atoms with van der Waals surface area (Å²) in [4.78, 5) is 19.0. The summed E-state index contributed by atoms with van der Waals surface area (Å²) in [5.74, 6) is -0.0294. The summed E-state index contributed by atoms with van der Waals surface area (Å²) in [5, 5.41) is 3.81. The Balaban J connectivity index is 2.03. The molecule has 0 saturated heterocycles. The van der Waals surface area contributed by atoms with Gasteiger partial charge in [-0.3, -0.25) is 4.79 Å². The summed E-state index contributed by atoms with van der Waals surface area (Å²) in [5.41, 5.74) is 7.18. The molecule has 0 aliphatic carbocycles. The van der Waals surface area contributed by atoms with Gasteiger partial charge in [0.2, 0.25) is 5.91 Å². The molecule has 0 atom stereocenters. The lowest BCUT2D eigenvalue weighted by Gasteiger charge is -2.18. The van der Waals surface area contributed by atoms with Crippen LogP contribution in [0.2, 0.25) is 0 Å². The minimum atomic E-state index is -0.391. The molecule has 0 aromatic carbocycles. The Bertz CT molecular complexity index is 553. The maximum absolute atomic E-state index is 11.8. The van der Waals surface area contributed by atoms with Crippen molar-refractivity contribution in [2.45, 2.75) is 25.8 Å².